The predicted octanol–water partition coefficient (Wildman–Crippen LogP) is 4.76. The van der Waals surface area contributed by atoms with Gasteiger partial charge in [0, 0.05) is 31.7 Å². The summed E-state index contributed by atoms with van der Waals surface area (Å²) < 4.78 is 5.45. The van der Waals surface area contributed by atoms with Crippen molar-refractivity contribution in [2.24, 2.45) is 0 Å². The first-order valence-corrected chi connectivity index (χ1v) is 12.1. The molecule has 1 aliphatic heterocycles. The van der Waals surface area contributed by atoms with Crippen molar-refractivity contribution < 1.29 is 9.53 Å². The van der Waals surface area contributed by atoms with Crippen LogP contribution in [0.5, 0.6) is 5.75 Å². The Bertz CT molecular complexity index is 1050. The van der Waals surface area contributed by atoms with Crippen LogP contribution in [0.1, 0.15) is 29.5 Å². The van der Waals surface area contributed by atoms with Crippen LogP contribution < -0.4 is 10.1 Å². The number of nitrogens with one attached hydrogen (secondary N) is 1. The molecule has 3 aromatic carbocycles. The summed E-state index contributed by atoms with van der Waals surface area (Å²) >= 11 is 5.74. The molecule has 3 aromatic rings. The number of hydrogen-bond donors (Lipinski definition) is 1. The molecule has 0 bridgehead atoms. The van der Waals surface area contributed by atoms with E-state index in [0.717, 1.165) is 41.8 Å². The van der Waals surface area contributed by atoms with Crippen molar-refractivity contribution in [3.05, 3.63) is 102 Å². The van der Waals surface area contributed by atoms with Gasteiger partial charge in [-0.3, -0.25) is 4.79 Å². The number of likely N-dealkylation sites (tertiary alicyclic amines) is 1. The first-order chi connectivity index (χ1) is 16.7. The molecular formula is C28H31N3O2S. The topological polar surface area (TPSA) is 44.8 Å². The molecule has 0 aromatic heterocycles. The van der Waals surface area contributed by atoms with Crippen LogP contribution >= 0.6 is 12.2 Å². The maximum absolute atomic E-state index is 13.8. The summed E-state index contributed by atoms with van der Waals surface area (Å²) in [5, 5.41) is 3.96. The fourth-order valence-corrected chi connectivity index (χ4v) is 4.71. The monoisotopic (exact) mass is 473 g/mol. The van der Waals surface area contributed by atoms with Gasteiger partial charge in [-0.05, 0) is 42.3 Å². The number of para-hydroxylation sites is 1. The molecule has 1 atom stereocenters. The first-order valence-electron chi connectivity index (χ1n) is 11.7. The van der Waals surface area contributed by atoms with Crippen molar-refractivity contribution in [2.75, 3.05) is 13.7 Å². The summed E-state index contributed by atoms with van der Waals surface area (Å²) in [5.74, 6) is 0.940. The molecule has 1 heterocycles. The SMILES string of the molecule is COc1ccccc1CNC(=S)N1CCC[C@H]1C(=O)N(Cc1ccccc1)Cc1ccccc1. The minimum Gasteiger partial charge on any atom is -0.496 e. The third-order valence-corrected chi connectivity index (χ3v) is 6.54. The third-order valence-electron chi connectivity index (χ3n) is 6.17. The highest BCUT2D eigenvalue weighted by molar-refractivity contribution is 7.80. The van der Waals surface area contributed by atoms with E-state index in [1.165, 1.54) is 0 Å². The molecule has 0 unspecified atom stereocenters. The Hall–Kier alpha value is -3.38. The van der Waals surface area contributed by atoms with Crippen LogP contribution in [-0.4, -0.2) is 40.5 Å². The molecule has 0 radical (unpaired) electrons. The van der Waals surface area contributed by atoms with E-state index in [9.17, 15) is 4.79 Å². The van der Waals surface area contributed by atoms with E-state index in [-0.39, 0.29) is 11.9 Å². The summed E-state index contributed by atoms with van der Waals surface area (Å²) in [6, 6.07) is 27.9. The van der Waals surface area contributed by atoms with E-state index in [4.69, 9.17) is 17.0 Å². The molecule has 1 aliphatic rings. The fourth-order valence-electron chi connectivity index (χ4n) is 4.42. The Morgan fingerprint density at radius 1 is 0.971 bits per heavy atom. The number of methoxy groups -OCH3 is 1. The largest absolute Gasteiger partial charge is 0.496 e. The zero-order valence-corrected chi connectivity index (χ0v) is 20.3. The van der Waals surface area contributed by atoms with Crippen LogP contribution in [0.2, 0.25) is 0 Å². The number of ether oxygens (including phenoxy) is 1. The Morgan fingerprint density at radius 2 is 1.56 bits per heavy atom. The summed E-state index contributed by atoms with van der Waals surface area (Å²) in [5.41, 5.74) is 3.27. The van der Waals surface area contributed by atoms with Gasteiger partial charge < -0.3 is 19.9 Å². The van der Waals surface area contributed by atoms with E-state index in [1.54, 1.807) is 7.11 Å². The standard InChI is InChI=1S/C28H31N3O2S/c1-33-26-17-9-8-15-24(26)19-29-28(34)31-18-10-16-25(31)27(32)30(20-22-11-4-2-5-12-22)21-23-13-6-3-7-14-23/h2-9,11-15,17,25H,10,16,18-21H2,1H3,(H,29,34)/t25-/m0/s1. The van der Waals surface area contributed by atoms with Crippen LogP contribution in [0.3, 0.4) is 0 Å². The van der Waals surface area contributed by atoms with E-state index in [0.29, 0.717) is 24.7 Å². The van der Waals surface area contributed by atoms with Gasteiger partial charge in [0.1, 0.15) is 11.8 Å². The quantitative estimate of drug-likeness (QED) is 0.478. The normalized spacial score (nSPS) is 15.1. The highest BCUT2D eigenvalue weighted by atomic mass is 32.1. The van der Waals surface area contributed by atoms with Crippen molar-refractivity contribution >= 4 is 23.2 Å². The van der Waals surface area contributed by atoms with Crippen LogP contribution in [-0.2, 0) is 24.4 Å². The molecule has 6 heteroatoms. The van der Waals surface area contributed by atoms with Crippen molar-refractivity contribution in [1.29, 1.82) is 0 Å². The summed E-state index contributed by atoms with van der Waals surface area (Å²) in [6.45, 7) is 2.47. The second kappa shape index (κ2) is 11.7. The molecule has 1 fully saturated rings. The summed E-state index contributed by atoms with van der Waals surface area (Å²) in [7, 11) is 1.67. The number of benzene rings is 3. The van der Waals surface area contributed by atoms with E-state index < -0.39 is 0 Å². The Kier molecular flexibility index (Phi) is 8.15. The zero-order chi connectivity index (χ0) is 23.8. The molecule has 5 nitrogen and oxygen atoms in total. The van der Waals surface area contributed by atoms with Gasteiger partial charge in [-0.25, -0.2) is 0 Å². The fraction of sp³-hybridized carbons (Fsp3) is 0.286. The van der Waals surface area contributed by atoms with Gasteiger partial charge in [-0.1, -0.05) is 78.9 Å². The number of hydrogen-bond acceptors (Lipinski definition) is 3. The van der Waals surface area contributed by atoms with Crippen LogP contribution in [0.25, 0.3) is 0 Å². The van der Waals surface area contributed by atoms with Crippen LogP contribution in [0.15, 0.2) is 84.9 Å². The van der Waals surface area contributed by atoms with Crippen LogP contribution in [0, 0.1) is 0 Å². The number of rotatable bonds is 8. The lowest BCUT2D eigenvalue weighted by Gasteiger charge is -2.32. The molecule has 1 N–H and O–H groups in total. The molecule has 34 heavy (non-hydrogen) atoms. The summed E-state index contributed by atoms with van der Waals surface area (Å²) in [6.07, 6.45) is 1.74. The van der Waals surface area contributed by atoms with Crippen molar-refractivity contribution in [3.8, 4) is 5.75 Å². The van der Waals surface area contributed by atoms with E-state index >= 15 is 0 Å². The lowest BCUT2D eigenvalue weighted by molar-refractivity contribution is -0.136. The molecule has 0 aliphatic carbocycles. The van der Waals surface area contributed by atoms with Gasteiger partial charge in [0.2, 0.25) is 5.91 Å². The average Bonchev–Trinajstić information content (AvgIpc) is 3.38. The second-order valence-corrected chi connectivity index (χ2v) is 8.87. The maximum Gasteiger partial charge on any atom is 0.245 e. The number of nitrogens with zero attached hydrogens (tertiary/aromatic N) is 2. The number of thiocarbonyl (C=S) groups is 1. The Labute approximate surface area is 207 Å². The molecular weight excluding hydrogens is 442 g/mol. The second-order valence-electron chi connectivity index (χ2n) is 8.49. The van der Waals surface area contributed by atoms with Gasteiger partial charge in [-0.2, -0.15) is 0 Å². The van der Waals surface area contributed by atoms with Crippen LogP contribution in [0.4, 0.5) is 0 Å². The lowest BCUT2D eigenvalue weighted by Crippen LogP contribution is -2.50. The third kappa shape index (κ3) is 5.94. The molecule has 4 rings (SSSR count). The number of amides is 1. The number of carbonyl (C=O) groups excluding carboxylic acids is 1. The van der Waals surface area contributed by atoms with Gasteiger partial charge >= 0.3 is 0 Å². The molecule has 176 valence electrons. The van der Waals surface area contributed by atoms with Crippen molar-refractivity contribution in [3.63, 3.8) is 0 Å². The Balaban J connectivity index is 1.47. The average molecular weight is 474 g/mol. The maximum atomic E-state index is 13.8. The zero-order valence-electron chi connectivity index (χ0n) is 19.5. The minimum atomic E-state index is -0.259. The highest BCUT2D eigenvalue weighted by Gasteiger charge is 2.35. The van der Waals surface area contributed by atoms with E-state index in [1.807, 2.05) is 65.6 Å². The van der Waals surface area contributed by atoms with E-state index in [2.05, 4.69) is 34.5 Å². The Morgan fingerprint density at radius 3 is 2.18 bits per heavy atom. The number of carbonyl (C=O) groups is 1. The van der Waals surface area contributed by atoms with Gasteiger partial charge in [0.15, 0.2) is 5.11 Å². The molecule has 0 spiro atoms. The van der Waals surface area contributed by atoms with Gasteiger partial charge in [0.05, 0.1) is 7.11 Å². The molecule has 1 saturated heterocycles. The smallest absolute Gasteiger partial charge is 0.245 e. The first kappa shape index (κ1) is 23.8. The van der Waals surface area contributed by atoms with Crippen molar-refractivity contribution in [2.45, 2.75) is 38.5 Å². The predicted molar refractivity (Wildman–Crippen MR) is 139 cm³/mol. The molecule has 1 amide bonds. The molecule has 0 saturated carbocycles. The summed E-state index contributed by atoms with van der Waals surface area (Å²) in [4.78, 5) is 17.8. The van der Waals surface area contributed by atoms with Gasteiger partial charge in [-0.15, -0.1) is 0 Å². The highest BCUT2D eigenvalue weighted by Crippen LogP contribution is 2.23. The minimum absolute atomic E-state index is 0.117. The lowest BCUT2D eigenvalue weighted by atomic mass is 10.1. The van der Waals surface area contributed by atoms with Crippen molar-refractivity contribution in [1.82, 2.24) is 15.1 Å². The van der Waals surface area contributed by atoms with Gasteiger partial charge in [0.25, 0.3) is 0 Å².